The minimum absolute atomic E-state index is 0.103. The monoisotopic (exact) mass is 261 g/mol. The summed E-state index contributed by atoms with van der Waals surface area (Å²) in [5.74, 6) is 0.0482. The molecule has 0 unspecified atom stereocenters. The van der Waals surface area contributed by atoms with Crippen molar-refractivity contribution in [3.05, 3.63) is 35.4 Å². The third-order valence-corrected chi connectivity index (χ3v) is 4.11. The number of benzene rings is 1. The molecule has 0 saturated heterocycles. The van der Waals surface area contributed by atoms with Gasteiger partial charge in [-0.3, -0.25) is 4.79 Å². The fourth-order valence-corrected chi connectivity index (χ4v) is 2.85. The Morgan fingerprint density at radius 1 is 1.26 bits per heavy atom. The van der Waals surface area contributed by atoms with E-state index in [1.165, 1.54) is 31.2 Å². The van der Waals surface area contributed by atoms with Gasteiger partial charge in [0.25, 0.3) is 0 Å². The molecule has 2 N–H and O–H groups in total. The van der Waals surface area contributed by atoms with Crippen molar-refractivity contribution >= 4 is 5.97 Å². The zero-order chi connectivity index (χ0) is 13.7. The lowest BCUT2D eigenvalue weighted by Gasteiger charge is -2.20. The summed E-state index contributed by atoms with van der Waals surface area (Å²) in [4.78, 5) is 10.6. The molecule has 1 saturated carbocycles. The van der Waals surface area contributed by atoms with Gasteiger partial charge < -0.3 is 10.4 Å². The molecule has 0 aliphatic heterocycles. The van der Waals surface area contributed by atoms with Gasteiger partial charge in [0, 0.05) is 12.6 Å². The summed E-state index contributed by atoms with van der Waals surface area (Å²) < 4.78 is 0. The van der Waals surface area contributed by atoms with Gasteiger partial charge >= 0.3 is 5.97 Å². The Bertz CT molecular complexity index is 407. The Morgan fingerprint density at radius 3 is 2.42 bits per heavy atom. The van der Waals surface area contributed by atoms with E-state index in [4.69, 9.17) is 5.11 Å². The summed E-state index contributed by atoms with van der Waals surface area (Å²) in [6.45, 7) is 3.14. The van der Waals surface area contributed by atoms with E-state index in [1.54, 1.807) is 0 Å². The Kier molecular flexibility index (Phi) is 4.97. The van der Waals surface area contributed by atoms with Crippen molar-refractivity contribution in [2.45, 2.75) is 51.6 Å². The second-order valence-electron chi connectivity index (χ2n) is 5.60. The van der Waals surface area contributed by atoms with Gasteiger partial charge in [-0.15, -0.1) is 0 Å². The number of carbonyl (C=O) groups is 1. The average Bonchev–Trinajstić information content (AvgIpc) is 2.91. The highest BCUT2D eigenvalue weighted by Crippen LogP contribution is 2.27. The third kappa shape index (κ3) is 4.35. The van der Waals surface area contributed by atoms with Gasteiger partial charge in [-0.1, -0.05) is 37.1 Å². The van der Waals surface area contributed by atoms with Crippen LogP contribution in [0.5, 0.6) is 0 Å². The molecule has 1 aromatic rings. The van der Waals surface area contributed by atoms with Crippen molar-refractivity contribution in [1.82, 2.24) is 5.32 Å². The summed E-state index contributed by atoms with van der Waals surface area (Å²) in [6, 6.07) is 8.43. The number of hydrogen-bond acceptors (Lipinski definition) is 2. The molecule has 1 aliphatic rings. The normalized spacial score (nSPS) is 17.5. The van der Waals surface area contributed by atoms with E-state index in [1.807, 2.05) is 24.3 Å². The van der Waals surface area contributed by atoms with Crippen LogP contribution in [0, 0.1) is 5.92 Å². The van der Waals surface area contributed by atoms with Crippen LogP contribution in [0.4, 0.5) is 0 Å². The Labute approximate surface area is 115 Å². The molecule has 3 heteroatoms. The molecule has 0 aromatic heterocycles. The molecule has 0 amide bonds. The highest BCUT2D eigenvalue weighted by molar-refractivity contribution is 5.70. The molecule has 19 heavy (non-hydrogen) atoms. The van der Waals surface area contributed by atoms with Crippen molar-refractivity contribution < 1.29 is 9.90 Å². The first-order valence-corrected chi connectivity index (χ1v) is 7.18. The summed E-state index contributed by atoms with van der Waals surface area (Å²) in [7, 11) is 0. The predicted molar refractivity (Wildman–Crippen MR) is 76.0 cm³/mol. The van der Waals surface area contributed by atoms with Crippen LogP contribution >= 0.6 is 0 Å². The van der Waals surface area contributed by atoms with Gasteiger partial charge in [0.2, 0.25) is 0 Å². The first-order valence-electron chi connectivity index (χ1n) is 7.18. The molecule has 0 bridgehead atoms. The van der Waals surface area contributed by atoms with Gasteiger partial charge in [-0.05, 0) is 36.8 Å². The summed E-state index contributed by atoms with van der Waals surface area (Å²) >= 11 is 0. The molecule has 1 fully saturated rings. The fourth-order valence-electron chi connectivity index (χ4n) is 2.85. The zero-order valence-corrected chi connectivity index (χ0v) is 11.6. The van der Waals surface area contributed by atoms with E-state index < -0.39 is 5.97 Å². The van der Waals surface area contributed by atoms with Crippen LogP contribution < -0.4 is 5.32 Å². The zero-order valence-electron chi connectivity index (χ0n) is 11.6. The number of aliphatic carboxylic acids is 1. The van der Waals surface area contributed by atoms with Crippen LogP contribution in [-0.4, -0.2) is 17.1 Å². The van der Waals surface area contributed by atoms with Gasteiger partial charge in [-0.25, -0.2) is 0 Å². The van der Waals surface area contributed by atoms with Crippen molar-refractivity contribution in [2.75, 3.05) is 0 Å². The Morgan fingerprint density at radius 2 is 1.84 bits per heavy atom. The van der Waals surface area contributed by atoms with E-state index in [0.717, 1.165) is 18.0 Å². The number of nitrogens with one attached hydrogen (secondary N) is 1. The van der Waals surface area contributed by atoms with Crippen LogP contribution in [0.1, 0.15) is 43.7 Å². The van der Waals surface area contributed by atoms with Crippen molar-refractivity contribution in [2.24, 2.45) is 5.92 Å². The van der Waals surface area contributed by atoms with E-state index in [2.05, 4.69) is 12.2 Å². The second kappa shape index (κ2) is 6.71. The smallest absolute Gasteiger partial charge is 0.307 e. The maximum atomic E-state index is 10.6. The lowest BCUT2D eigenvalue weighted by molar-refractivity contribution is -0.136. The summed E-state index contributed by atoms with van der Waals surface area (Å²) in [5, 5.41) is 12.3. The molecule has 0 heterocycles. The average molecular weight is 261 g/mol. The molecule has 0 radical (unpaired) electrons. The summed E-state index contributed by atoms with van der Waals surface area (Å²) in [5.41, 5.74) is 2.08. The van der Waals surface area contributed by atoms with E-state index in [0.29, 0.717) is 6.04 Å². The SMILES string of the molecule is C[C@@H](NCc1ccc(CC(=O)O)cc1)C1CCCC1. The van der Waals surface area contributed by atoms with Gasteiger partial charge in [0.05, 0.1) is 6.42 Å². The van der Waals surface area contributed by atoms with Crippen molar-refractivity contribution in [3.8, 4) is 0 Å². The molecule has 2 rings (SSSR count). The third-order valence-electron chi connectivity index (χ3n) is 4.11. The number of hydrogen-bond donors (Lipinski definition) is 2. The van der Waals surface area contributed by atoms with E-state index >= 15 is 0 Å². The number of carboxylic acid groups (broad SMARTS) is 1. The first kappa shape index (κ1) is 14.1. The van der Waals surface area contributed by atoms with Crippen LogP contribution in [0.15, 0.2) is 24.3 Å². The van der Waals surface area contributed by atoms with Crippen molar-refractivity contribution in [1.29, 1.82) is 0 Å². The highest BCUT2D eigenvalue weighted by Gasteiger charge is 2.20. The quantitative estimate of drug-likeness (QED) is 0.827. The lowest BCUT2D eigenvalue weighted by atomic mass is 9.99. The molecular formula is C16H23NO2. The molecular weight excluding hydrogens is 238 g/mol. The van der Waals surface area contributed by atoms with Gasteiger partial charge in [0.1, 0.15) is 0 Å². The minimum atomic E-state index is -0.777. The number of carboxylic acids is 1. The van der Waals surface area contributed by atoms with Gasteiger partial charge in [0.15, 0.2) is 0 Å². The lowest BCUT2D eigenvalue weighted by Crippen LogP contribution is -2.31. The number of rotatable bonds is 6. The van der Waals surface area contributed by atoms with Crippen molar-refractivity contribution in [3.63, 3.8) is 0 Å². The highest BCUT2D eigenvalue weighted by atomic mass is 16.4. The molecule has 1 aromatic carbocycles. The minimum Gasteiger partial charge on any atom is -0.481 e. The Balaban J connectivity index is 1.80. The largest absolute Gasteiger partial charge is 0.481 e. The molecule has 1 atom stereocenters. The summed E-state index contributed by atoms with van der Waals surface area (Å²) in [6.07, 6.45) is 5.56. The Hall–Kier alpha value is -1.35. The standard InChI is InChI=1S/C16H23NO2/c1-12(15-4-2-3-5-15)17-11-14-8-6-13(7-9-14)10-16(18)19/h6-9,12,15,17H,2-5,10-11H2,1H3,(H,18,19)/t12-/m1/s1. The topological polar surface area (TPSA) is 49.3 Å². The van der Waals surface area contributed by atoms with E-state index in [9.17, 15) is 4.79 Å². The van der Waals surface area contributed by atoms with Gasteiger partial charge in [-0.2, -0.15) is 0 Å². The molecule has 1 aliphatic carbocycles. The fraction of sp³-hybridized carbons (Fsp3) is 0.562. The first-order chi connectivity index (χ1) is 9.15. The maximum Gasteiger partial charge on any atom is 0.307 e. The van der Waals surface area contributed by atoms with Crippen LogP contribution in [0.2, 0.25) is 0 Å². The maximum absolute atomic E-state index is 10.6. The van der Waals surface area contributed by atoms with Crippen LogP contribution in [0.25, 0.3) is 0 Å². The van der Waals surface area contributed by atoms with E-state index in [-0.39, 0.29) is 6.42 Å². The van der Waals surface area contributed by atoms with Crippen LogP contribution in [0.3, 0.4) is 0 Å². The molecule has 3 nitrogen and oxygen atoms in total. The second-order valence-corrected chi connectivity index (χ2v) is 5.60. The molecule has 104 valence electrons. The molecule has 0 spiro atoms. The van der Waals surface area contributed by atoms with Crippen LogP contribution in [-0.2, 0) is 17.8 Å². The predicted octanol–water partition coefficient (Wildman–Crippen LogP) is 2.98.